The predicted octanol–water partition coefficient (Wildman–Crippen LogP) is 3.28. The van der Waals surface area contributed by atoms with E-state index in [-0.39, 0.29) is 17.6 Å². The molecule has 0 aliphatic carbocycles. The van der Waals surface area contributed by atoms with Crippen LogP contribution < -0.4 is 0 Å². The summed E-state index contributed by atoms with van der Waals surface area (Å²) in [5, 5.41) is 4.49. The van der Waals surface area contributed by atoms with E-state index in [4.69, 9.17) is 22.1 Å². The Kier molecular flexibility index (Phi) is 8.46. The minimum absolute atomic E-state index is 0.00477. The number of rotatable bonds is 8. The second-order valence-electron chi connectivity index (χ2n) is 7.50. The molecule has 32 heavy (non-hydrogen) atoms. The van der Waals surface area contributed by atoms with Crippen LogP contribution in [0.25, 0.3) is 6.08 Å². The SMILES string of the molecule is CCOC(=O)CCn1ccc(/C=C2/CN([C@@H](C(=O)OC)c3ccccc3F)CC[C@H]2S)n1. The van der Waals surface area contributed by atoms with E-state index < -0.39 is 17.8 Å². The number of aromatic nitrogens is 2. The van der Waals surface area contributed by atoms with E-state index in [0.29, 0.717) is 38.2 Å². The minimum atomic E-state index is -0.840. The van der Waals surface area contributed by atoms with Gasteiger partial charge < -0.3 is 9.47 Å². The summed E-state index contributed by atoms with van der Waals surface area (Å²) in [7, 11) is 1.31. The van der Waals surface area contributed by atoms with Crippen molar-refractivity contribution >= 4 is 30.6 Å². The first-order valence-electron chi connectivity index (χ1n) is 10.6. The first kappa shape index (κ1) is 24.0. The number of likely N-dealkylation sites (tertiary alicyclic amines) is 1. The van der Waals surface area contributed by atoms with E-state index in [1.807, 2.05) is 17.0 Å². The molecule has 1 aromatic heterocycles. The van der Waals surface area contributed by atoms with Gasteiger partial charge in [-0.2, -0.15) is 17.7 Å². The standard InChI is InChI=1S/C23H28FN3O4S/c1-3-31-21(28)10-13-27-12-8-17(25-27)14-16-15-26(11-9-20(16)32)22(23(29)30-2)18-6-4-5-7-19(18)24/h4-8,12,14,20,22,32H,3,9-11,13,15H2,1-2H3/b16-14-/t20-,22-/m1/s1. The number of benzene rings is 1. The van der Waals surface area contributed by atoms with Gasteiger partial charge in [-0.1, -0.05) is 18.2 Å². The Morgan fingerprint density at radius 3 is 2.84 bits per heavy atom. The maximum absolute atomic E-state index is 14.5. The normalized spacial score (nSPS) is 19.0. The lowest BCUT2D eigenvalue weighted by atomic mass is 9.97. The minimum Gasteiger partial charge on any atom is -0.468 e. The number of methoxy groups -OCH3 is 1. The van der Waals surface area contributed by atoms with Crippen LogP contribution in [0.3, 0.4) is 0 Å². The van der Waals surface area contributed by atoms with Crippen LogP contribution in [0.2, 0.25) is 0 Å². The molecule has 2 atom stereocenters. The number of esters is 2. The summed E-state index contributed by atoms with van der Waals surface area (Å²) in [6.07, 6.45) is 4.68. The molecule has 0 bridgehead atoms. The fraction of sp³-hybridized carbons (Fsp3) is 0.435. The van der Waals surface area contributed by atoms with Crippen LogP contribution in [0.5, 0.6) is 0 Å². The van der Waals surface area contributed by atoms with Crippen molar-refractivity contribution in [2.45, 2.75) is 37.6 Å². The Labute approximate surface area is 192 Å². The van der Waals surface area contributed by atoms with Gasteiger partial charge in [-0.3, -0.25) is 14.4 Å². The highest BCUT2D eigenvalue weighted by Crippen LogP contribution is 2.31. The lowest BCUT2D eigenvalue weighted by Gasteiger charge is -2.36. The van der Waals surface area contributed by atoms with Gasteiger partial charge in [0, 0.05) is 30.1 Å². The number of carbonyl (C=O) groups is 2. The highest BCUT2D eigenvalue weighted by molar-refractivity contribution is 7.81. The van der Waals surface area contributed by atoms with Crippen molar-refractivity contribution in [3.63, 3.8) is 0 Å². The average Bonchev–Trinajstić information content (AvgIpc) is 3.23. The maximum Gasteiger partial charge on any atom is 0.327 e. The van der Waals surface area contributed by atoms with Gasteiger partial charge in [-0.25, -0.2) is 9.18 Å². The van der Waals surface area contributed by atoms with Crippen molar-refractivity contribution in [1.29, 1.82) is 0 Å². The zero-order chi connectivity index (χ0) is 23.1. The van der Waals surface area contributed by atoms with Crippen molar-refractivity contribution < 1.29 is 23.5 Å². The van der Waals surface area contributed by atoms with Crippen molar-refractivity contribution in [3.8, 4) is 0 Å². The van der Waals surface area contributed by atoms with Crippen LogP contribution in [0.4, 0.5) is 4.39 Å². The first-order chi connectivity index (χ1) is 15.4. The predicted molar refractivity (Wildman–Crippen MR) is 122 cm³/mol. The number of nitrogens with zero attached hydrogens (tertiary/aromatic N) is 3. The second-order valence-corrected chi connectivity index (χ2v) is 8.12. The van der Waals surface area contributed by atoms with Gasteiger partial charge in [0.05, 0.1) is 32.4 Å². The lowest BCUT2D eigenvalue weighted by Crippen LogP contribution is -2.42. The molecule has 0 radical (unpaired) electrons. The van der Waals surface area contributed by atoms with E-state index in [2.05, 4.69) is 5.10 Å². The maximum atomic E-state index is 14.5. The number of ether oxygens (including phenoxy) is 2. The van der Waals surface area contributed by atoms with Gasteiger partial charge in [0.25, 0.3) is 0 Å². The summed E-state index contributed by atoms with van der Waals surface area (Å²) < 4.78 is 26.1. The fourth-order valence-electron chi connectivity index (χ4n) is 3.74. The van der Waals surface area contributed by atoms with E-state index in [1.165, 1.54) is 13.2 Å². The Morgan fingerprint density at radius 2 is 2.12 bits per heavy atom. The molecule has 0 spiro atoms. The second kappa shape index (κ2) is 11.3. The van der Waals surface area contributed by atoms with Crippen LogP contribution in [0.1, 0.15) is 37.1 Å². The third-order valence-electron chi connectivity index (χ3n) is 5.34. The monoisotopic (exact) mass is 461 g/mol. The Balaban J connectivity index is 1.77. The fourth-order valence-corrected chi connectivity index (χ4v) is 4.02. The van der Waals surface area contributed by atoms with Crippen LogP contribution in [-0.4, -0.2) is 58.7 Å². The molecule has 1 aliphatic rings. The molecule has 172 valence electrons. The number of aryl methyl sites for hydroxylation is 1. The van der Waals surface area contributed by atoms with Gasteiger partial charge in [-0.15, -0.1) is 0 Å². The smallest absolute Gasteiger partial charge is 0.327 e. The Bertz CT molecular complexity index is 978. The topological polar surface area (TPSA) is 73.7 Å². The summed E-state index contributed by atoms with van der Waals surface area (Å²) in [5.74, 6) is -1.21. The van der Waals surface area contributed by atoms with Gasteiger partial charge in [0.2, 0.25) is 0 Å². The molecule has 1 fully saturated rings. The molecule has 2 heterocycles. The van der Waals surface area contributed by atoms with Crippen LogP contribution in [0.15, 0.2) is 42.1 Å². The zero-order valence-corrected chi connectivity index (χ0v) is 19.1. The van der Waals surface area contributed by atoms with Crippen molar-refractivity contribution in [3.05, 3.63) is 59.2 Å². The zero-order valence-electron chi connectivity index (χ0n) is 18.2. The number of thiol groups is 1. The van der Waals surface area contributed by atoms with E-state index in [1.54, 1.807) is 36.0 Å². The van der Waals surface area contributed by atoms with Crippen molar-refractivity contribution in [2.75, 3.05) is 26.8 Å². The quantitative estimate of drug-likeness (QED) is 0.481. The third-order valence-corrected chi connectivity index (χ3v) is 5.93. The summed E-state index contributed by atoms with van der Waals surface area (Å²) in [6.45, 7) is 3.56. The first-order valence-corrected chi connectivity index (χ1v) is 11.1. The summed E-state index contributed by atoms with van der Waals surface area (Å²) in [6, 6.07) is 7.27. The summed E-state index contributed by atoms with van der Waals surface area (Å²) in [5.41, 5.74) is 1.99. The molecule has 7 nitrogen and oxygen atoms in total. The summed E-state index contributed by atoms with van der Waals surface area (Å²) >= 11 is 4.70. The Morgan fingerprint density at radius 1 is 1.34 bits per heavy atom. The molecule has 3 rings (SSSR count). The number of carbonyl (C=O) groups excluding carboxylic acids is 2. The van der Waals surface area contributed by atoms with Gasteiger partial charge >= 0.3 is 11.9 Å². The molecule has 1 aromatic carbocycles. The molecule has 0 amide bonds. The van der Waals surface area contributed by atoms with Gasteiger partial charge in [0.1, 0.15) is 11.9 Å². The molecule has 0 saturated carbocycles. The van der Waals surface area contributed by atoms with E-state index >= 15 is 0 Å². The van der Waals surface area contributed by atoms with Crippen molar-refractivity contribution in [1.82, 2.24) is 14.7 Å². The molecule has 0 unspecified atom stereocenters. The molecular formula is C23H28FN3O4S. The average molecular weight is 462 g/mol. The third kappa shape index (κ3) is 5.98. The van der Waals surface area contributed by atoms with Gasteiger partial charge in [-0.05, 0) is 37.1 Å². The Hall–Kier alpha value is -2.65. The molecular weight excluding hydrogens is 433 g/mol. The molecule has 1 saturated heterocycles. The van der Waals surface area contributed by atoms with Crippen molar-refractivity contribution in [2.24, 2.45) is 0 Å². The molecule has 9 heteroatoms. The number of hydrogen-bond acceptors (Lipinski definition) is 7. The highest BCUT2D eigenvalue weighted by atomic mass is 32.1. The van der Waals surface area contributed by atoms with Crippen LogP contribution in [-0.2, 0) is 25.6 Å². The highest BCUT2D eigenvalue weighted by Gasteiger charge is 2.34. The molecule has 0 N–H and O–H groups in total. The van der Waals surface area contributed by atoms with E-state index in [9.17, 15) is 14.0 Å². The van der Waals surface area contributed by atoms with Crippen LogP contribution >= 0.6 is 12.6 Å². The summed E-state index contributed by atoms with van der Waals surface area (Å²) in [4.78, 5) is 26.0. The van der Waals surface area contributed by atoms with E-state index in [0.717, 1.165) is 11.3 Å². The number of piperidine rings is 1. The largest absolute Gasteiger partial charge is 0.468 e. The molecule has 1 aliphatic heterocycles. The lowest BCUT2D eigenvalue weighted by molar-refractivity contribution is -0.147. The van der Waals surface area contributed by atoms with Crippen LogP contribution in [0, 0.1) is 5.82 Å². The van der Waals surface area contributed by atoms with Gasteiger partial charge in [0.15, 0.2) is 0 Å². The number of hydrogen-bond donors (Lipinski definition) is 1. The molecule has 2 aromatic rings. The number of halogens is 1.